The SMILES string of the molecule is COc1cc(NC(=O)CCNC(=O)[C@H](Cc2ccc(NC(=O)C(=O)O)cc2)NC(=O)[C@H](CO)NC(C)=O)ccc1-c1ccccc1. The molecule has 5 amide bonds. The van der Waals surface area contributed by atoms with Crippen LogP contribution >= 0.6 is 0 Å². The Morgan fingerprint density at radius 2 is 1.48 bits per heavy atom. The van der Waals surface area contributed by atoms with E-state index < -0.39 is 48.3 Å². The summed E-state index contributed by atoms with van der Waals surface area (Å²) >= 11 is 0. The second-order valence-corrected chi connectivity index (χ2v) is 10.0. The summed E-state index contributed by atoms with van der Waals surface area (Å²) in [6.45, 7) is 0.379. The standard InChI is InChI=1S/C32H35N5O9/c1-19(39)34-26(18-38)30(42)37-25(16-20-8-10-22(11-9-20)36-31(43)32(44)45)29(41)33-15-14-28(40)35-23-12-13-24(27(17-23)46-2)21-6-4-3-5-7-21/h3-13,17,25-26,38H,14-16,18H2,1-2H3,(H,33,41)(H,34,39)(H,35,40)(H,36,43)(H,37,42)(H,44,45)/t25-,26-/m0/s1. The molecule has 7 N–H and O–H groups in total. The lowest BCUT2D eigenvalue weighted by Gasteiger charge is -2.22. The van der Waals surface area contributed by atoms with Crippen LogP contribution in [0.15, 0.2) is 72.8 Å². The average molecular weight is 634 g/mol. The molecule has 242 valence electrons. The van der Waals surface area contributed by atoms with Crippen LogP contribution in [0.4, 0.5) is 11.4 Å². The van der Waals surface area contributed by atoms with Gasteiger partial charge >= 0.3 is 11.9 Å². The van der Waals surface area contributed by atoms with Crippen molar-refractivity contribution < 1.29 is 43.7 Å². The summed E-state index contributed by atoms with van der Waals surface area (Å²) in [6.07, 6.45) is -0.152. The molecule has 3 aromatic carbocycles. The zero-order chi connectivity index (χ0) is 33.6. The molecule has 14 heteroatoms. The van der Waals surface area contributed by atoms with Crippen molar-refractivity contribution in [1.82, 2.24) is 16.0 Å². The third-order valence-electron chi connectivity index (χ3n) is 6.58. The molecule has 0 aliphatic carbocycles. The number of ether oxygens (including phenoxy) is 1. The first-order valence-electron chi connectivity index (χ1n) is 14.1. The zero-order valence-electron chi connectivity index (χ0n) is 25.2. The number of aliphatic hydroxyl groups excluding tert-OH is 1. The topological polar surface area (TPSA) is 212 Å². The number of benzene rings is 3. The molecule has 0 spiro atoms. The smallest absolute Gasteiger partial charge is 0.394 e. The fourth-order valence-electron chi connectivity index (χ4n) is 4.34. The summed E-state index contributed by atoms with van der Waals surface area (Å²) in [5.74, 6) is -4.72. The number of aliphatic hydroxyl groups is 1. The third kappa shape index (κ3) is 10.4. The van der Waals surface area contributed by atoms with Gasteiger partial charge in [-0.15, -0.1) is 0 Å². The number of anilines is 2. The van der Waals surface area contributed by atoms with E-state index in [4.69, 9.17) is 9.84 Å². The summed E-state index contributed by atoms with van der Waals surface area (Å²) in [4.78, 5) is 72.2. The van der Waals surface area contributed by atoms with Gasteiger partial charge in [0.15, 0.2) is 0 Å². The van der Waals surface area contributed by atoms with Gasteiger partial charge in [0.25, 0.3) is 0 Å². The lowest BCUT2D eigenvalue weighted by molar-refractivity contribution is -0.147. The Balaban J connectivity index is 1.64. The normalized spacial score (nSPS) is 11.7. The monoisotopic (exact) mass is 633 g/mol. The molecule has 3 rings (SSSR count). The van der Waals surface area contributed by atoms with Gasteiger partial charge in [-0.05, 0) is 35.4 Å². The molecular formula is C32H35N5O9. The summed E-state index contributed by atoms with van der Waals surface area (Å²) < 4.78 is 5.50. The molecular weight excluding hydrogens is 598 g/mol. The van der Waals surface area contributed by atoms with E-state index in [1.54, 1.807) is 12.1 Å². The lowest BCUT2D eigenvalue weighted by Crippen LogP contribution is -2.55. The van der Waals surface area contributed by atoms with Gasteiger partial charge in [0.05, 0.1) is 13.7 Å². The molecule has 0 bridgehead atoms. The molecule has 0 aliphatic heterocycles. The van der Waals surface area contributed by atoms with E-state index in [1.807, 2.05) is 36.4 Å². The van der Waals surface area contributed by atoms with Crippen LogP contribution in [-0.4, -0.2) is 78.1 Å². The van der Waals surface area contributed by atoms with Crippen LogP contribution in [0.3, 0.4) is 0 Å². The van der Waals surface area contributed by atoms with Crippen molar-refractivity contribution in [3.63, 3.8) is 0 Å². The average Bonchev–Trinajstić information content (AvgIpc) is 3.04. The number of hydrogen-bond acceptors (Lipinski definition) is 8. The Morgan fingerprint density at radius 3 is 2.09 bits per heavy atom. The maximum Gasteiger partial charge on any atom is 0.394 e. The lowest BCUT2D eigenvalue weighted by atomic mass is 10.0. The molecule has 0 radical (unpaired) electrons. The van der Waals surface area contributed by atoms with Gasteiger partial charge in [0.2, 0.25) is 23.6 Å². The Bertz CT molecular complexity index is 1560. The van der Waals surface area contributed by atoms with Gasteiger partial charge in [0.1, 0.15) is 17.8 Å². The Kier molecular flexibility index (Phi) is 12.8. The first-order chi connectivity index (χ1) is 22.0. The first kappa shape index (κ1) is 34.7. The van der Waals surface area contributed by atoms with Crippen LogP contribution < -0.4 is 31.3 Å². The molecule has 2 atom stereocenters. The number of nitrogens with one attached hydrogen (secondary N) is 5. The largest absolute Gasteiger partial charge is 0.496 e. The van der Waals surface area contributed by atoms with E-state index in [0.29, 0.717) is 17.0 Å². The fraction of sp³-hybridized carbons (Fsp3) is 0.250. The predicted octanol–water partition coefficient (Wildman–Crippen LogP) is 1.05. The number of methoxy groups -OCH3 is 1. The Labute approximate surface area is 264 Å². The predicted molar refractivity (Wildman–Crippen MR) is 168 cm³/mol. The quantitative estimate of drug-likeness (QED) is 0.126. The van der Waals surface area contributed by atoms with Gasteiger partial charge in [-0.3, -0.25) is 24.0 Å². The van der Waals surface area contributed by atoms with E-state index in [1.165, 1.54) is 38.3 Å². The van der Waals surface area contributed by atoms with Crippen molar-refractivity contribution in [3.05, 3.63) is 78.4 Å². The van der Waals surface area contributed by atoms with E-state index >= 15 is 0 Å². The van der Waals surface area contributed by atoms with Crippen molar-refractivity contribution in [2.45, 2.75) is 31.8 Å². The highest BCUT2D eigenvalue weighted by Gasteiger charge is 2.26. The van der Waals surface area contributed by atoms with Gasteiger partial charge in [-0.25, -0.2) is 4.79 Å². The summed E-state index contributed by atoms with van der Waals surface area (Å²) in [5.41, 5.74) is 3.02. The number of hydrogen-bond donors (Lipinski definition) is 7. The number of carbonyl (C=O) groups excluding carboxylic acids is 5. The molecule has 3 aromatic rings. The second kappa shape index (κ2) is 16.9. The molecule has 0 saturated carbocycles. The minimum Gasteiger partial charge on any atom is -0.496 e. The summed E-state index contributed by atoms with van der Waals surface area (Å²) in [5, 5.41) is 30.7. The third-order valence-corrected chi connectivity index (χ3v) is 6.58. The van der Waals surface area contributed by atoms with Crippen molar-refractivity contribution >= 4 is 46.9 Å². The fourth-order valence-corrected chi connectivity index (χ4v) is 4.34. The molecule has 0 saturated heterocycles. The number of carbonyl (C=O) groups is 6. The number of carboxylic acids is 1. The number of rotatable bonds is 14. The van der Waals surface area contributed by atoms with E-state index in [-0.39, 0.29) is 31.0 Å². The molecule has 46 heavy (non-hydrogen) atoms. The van der Waals surface area contributed by atoms with E-state index in [0.717, 1.165) is 11.1 Å². The highest BCUT2D eigenvalue weighted by molar-refractivity contribution is 6.36. The van der Waals surface area contributed by atoms with Crippen molar-refractivity contribution in [3.8, 4) is 16.9 Å². The highest BCUT2D eigenvalue weighted by atomic mass is 16.5. The maximum absolute atomic E-state index is 13.2. The van der Waals surface area contributed by atoms with Gasteiger partial charge in [0, 0.05) is 49.3 Å². The summed E-state index contributed by atoms with van der Waals surface area (Å²) in [6, 6.07) is 18.2. The van der Waals surface area contributed by atoms with Gasteiger partial charge < -0.3 is 41.5 Å². The second-order valence-electron chi connectivity index (χ2n) is 10.0. The van der Waals surface area contributed by atoms with E-state index in [9.17, 15) is 33.9 Å². The van der Waals surface area contributed by atoms with Gasteiger partial charge in [-0.2, -0.15) is 0 Å². The first-order valence-corrected chi connectivity index (χ1v) is 14.1. The summed E-state index contributed by atoms with van der Waals surface area (Å²) in [7, 11) is 1.53. The molecule has 0 heterocycles. The van der Waals surface area contributed by atoms with Crippen molar-refractivity contribution in [2.24, 2.45) is 0 Å². The molecule has 0 fully saturated rings. The minimum absolute atomic E-state index is 0.0529. The van der Waals surface area contributed by atoms with Crippen LogP contribution in [0.1, 0.15) is 18.9 Å². The van der Waals surface area contributed by atoms with Crippen LogP contribution in [0.2, 0.25) is 0 Å². The van der Waals surface area contributed by atoms with Crippen LogP contribution in [0.25, 0.3) is 11.1 Å². The van der Waals surface area contributed by atoms with Crippen LogP contribution in [0, 0.1) is 0 Å². The van der Waals surface area contributed by atoms with Crippen LogP contribution in [-0.2, 0) is 35.2 Å². The Hall–Kier alpha value is -5.76. The highest BCUT2D eigenvalue weighted by Crippen LogP contribution is 2.32. The van der Waals surface area contributed by atoms with E-state index in [2.05, 4.69) is 26.6 Å². The number of amides is 5. The van der Waals surface area contributed by atoms with Crippen LogP contribution in [0.5, 0.6) is 5.75 Å². The molecule has 0 unspecified atom stereocenters. The number of aliphatic carboxylic acids is 1. The molecule has 0 aromatic heterocycles. The molecule has 14 nitrogen and oxygen atoms in total. The van der Waals surface area contributed by atoms with Crippen molar-refractivity contribution in [2.75, 3.05) is 30.9 Å². The zero-order valence-corrected chi connectivity index (χ0v) is 25.2. The maximum atomic E-state index is 13.2. The van der Waals surface area contributed by atoms with Gasteiger partial charge in [-0.1, -0.05) is 42.5 Å². The minimum atomic E-state index is -1.66. The molecule has 0 aliphatic rings. The number of carboxylic acid groups (broad SMARTS) is 1. The van der Waals surface area contributed by atoms with Crippen molar-refractivity contribution in [1.29, 1.82) is 0 Å². The Morgan fingerprint density at radius 1 is 0.804 bits per heavy atom.